The Hall–Kier alpha value is -0.620. The quantitative estimate of drug-likeness (QED) is 0.375. The van der Waals surface area contributed by atoms with Gasteiger partial charge < -0.3 is 10.2 Å². The van der Waals surface area contributed by atoms with Gasteiger partial charge in [0, 0.05) is 25.6 Å². The van der Waals surface area contributed by atoms with Crippen LogP contribution in [0.5, 0.6) is 0 Å². The van der Waals surface area contributed by atoms with Crippen molar-refractivity contribution in [3.8, 4) is 0 Å². The summed E-state index contributed by atoms with van der Waals surface area (Å²) in [6, 6.07) is 0. The standard InChI is InChI=1S/C8H18N2O3S/c1-4-10-13-8(2)7-9-5-6-14(3,11)12/h4,8-9H,5-7H2,1-3H3/b10-4+. The van der Waals surface area contributed by atoms with Gasteiger partial charge in [-0.25, -0.2) is 8.42 Å². The fourth-order valence-electron chi connectivity index (χ4n) is 0.765. The molecule has 0 radical (unpaired) electrons. The largest absolute Gasteiger partial charge is 0.392 e. The van der Waals surface area contributed by atoms with Crippen molar-refractivity contribution in [3.05, 3.63) is 0 Å². The van der Waals surface area contributed by atoms with E-state index >= 15 is 0 Å². The molecule has 1 unspecified atom stereocenters. The molecule has 1 atom stereocenters. The maximum absolute atomic E-state index is 10.8. The second-order valence-corrected chi connectivity index (χ2v) is 5.37. The Morgan fingerprint density at radius 2 is 2.21 bits per heavy atom. The van der Waals surface area contributed by atoms with Gasteiger partial charge in [0.15, 0.2) is 0 Å². The minimum Gasteiger partial charge on any atom is -0.392 e. The van der Waals surface area contributed by atoms with Gasteiger partial charge in [0.05, 0.1) is 5.75 Å². The van der Waals surface area contributed by atoms with Crippen LogP contribution < -0.4 is 5.32 Å². The first-order valence-electron chi connectivity index (χ1n) is 4.48. The van der Waals surface area contributed by atoms with Gasteiger partial charge in [0.2, 0.25) is 0 Å². The fourth-order valence-corrected chi connectivity index (χ4v) is 1.28. The van der Waals surface area contributed by atoms with Gasteiger partial charge in [0.1, 0.15) is 15.9 Å². The molecule has 0 rings (SSSR count). The van der Waals surface area contributed by atoms with E-state index in [0.29, 0.717) is 13.1 Å². The smallest absolute Gasteiger partial charge is 0.148 e. The van der Waals surface area contributed by atoms with Crippen LogP contribution in [0.15, 0.2) is 5.16 Å². The molecule has 0 bridgehead atoms. The van der Waals surface area contributed by atoms with Crippen LogP contribution in [0.1, 0.15) is 13.8 Å². The Morgan fingerprint density at radius 1 is 1.57 bits per heavy atom. The summed E-state index contributed by atoms with van der Waals surface area (Å²) >= 11 is 0. The number of sulfone groups is 1. The fraction of sp³-hybridized carbons (Fsp3) is 0.875. The zero-order chi connectivity index (χ0) is 11.0. The molecule has 0 aliphatic rings. The van der Waals surface area contributed by atoms with Crippen molar-refractivity contribution in [1.29, 1.82) is 0 Å². The summed E-state index contributed by atoms with van der Waals surface area (Å²) in [5.74, 6) is 0.150. The predicted molar refractivity (Wildman–Crippen MR) is 57.3 cm³/mol. The normalized spacial score (nSPS) is 14.5. The van der Waals surface area contributed by atoms with E-state index in [0.717, 1.165) is 0 Å². The lowest BCUT2D eigenvalue weighted by Gasteiger charge is -2.09. The molecule has 0 aromatic rings. The maximum atomic E-state index is 10.8. The summed E-state index contributed by atoms with van der Waals surface area (Å²) in [6.45, 7) is 4.67. The first kappa shape index (κ1) is 13.4. The highest BCUT2D eigenvalue weighted by Gasteiger charge is 2.03. The van der Waals surface area contributed by atoms with Crippen molar-refractivity contribution < 1.29 is 13.3 Å². The van der Waals surface area contributed by atoms with Gasteiger partial charge in [-0.2, -0.15) is 0 Å². The van der Waals surface area contributed by atoms with Crippen molar-refractivity contribution in [2.75, 3.05) is 25.1 Å². The van der Waals surface area contributed by atoms with Crippen LogP contribution in [0.2, 0.25) is 0 Å². The van der Waals surface area contributed by atoms with Gasteiger partial charge in [0.25, 0.3) is 0 Å². The minimum atomic E-state index is -2.87. The van der Waals surface area contributed by atoms with Crippen molar-refractivity contribution in [2.24, 2.45) is 5.16 Å². The SMILES string of the molecule is C/C=N/OC(C)CNCCS(C)(=O)=O. The molecule has 0 aliphatic heterocycles. The van der Waals surface area contributed by atoms with Crippen molar-refractivity contribution in [3.63, 3.8) is 0 Å². The van der Waals surface area contributed by atoms with Gasteiger partial charge in [-0.3, -0.25) is 0 Å². The first-order chi connectivity index (χ1) is 6.45. The lowest BCUT2D eigenvalue weighted by molar-refractivity contribution is 0.0737. The summed E-state index contributed by atoms with van der Waals surface area (Å²) in [5.41, 5.74) is 0. The number of rotatable bonds is 7. The van der Waals surface area contributed by atoms with Crippen LogP contribution in [0.25, 0.3) is 0 Å². The van der Waals surface area contributed by atoms with Gasteiger partial charge in [-0.1, -0.05) is 5.16 Å². The molecule has 0 saturated carbocycles. The number of hydrogen-bond donors (Lipinski definition) is 1. The number of oxime groups is 1. The van der Waals surface area contributed by atoms with E-state index in [1.165, 1.54) is 6.26 Å². The Balaban J connectivity index is 3.45. The molecular weight excluding hydrogens is 204 g/mol. The number of nitrogens with zero attached hydrogens (tertiary/aromatic N) is 1. The molecule has 0 aliphatic carbocycles. The average Bonchev–Trinajstić information content (AvgIpc) is 2.07. The van der Waals surface area contributed by atoms with E-state index < -0.39 is 9.84 Å². The molecule has 0 heterocycles. The van der Waals surface area contributed by atoms with Crippen LogP contribution in [-0.4, -0.2) is 45.8 Å². The maximum Gasteiger partial charge on any atom is 0.148 e. The van der Waals surface area contributed by atoms with Crippen LogP contribution in [0, 0.1) is 0 Å². The third-order valence-corrected chi connectivity index (χ3v) is 2.37. The van der Waals surface area contributed by atoms with Gasteiger partial charge in [-0.15, -0.1) is 0 Å². The highest BCUT2D eigenvalue weighted by molar-refractivity contribution is 7.90. The van der Waals surface area contributed by atoms with Crippen LogP contribution in [0.4, 0.5) is 0 Å². The molecule has 1 N–H and O–H groups in total. The molecule has 0 aromatic heterocycles. The molecule has 0 amide bonds. The minimum absolute atomic E-state index is 0.0502. The number of nitrogens with one attached hydrogen (secondary N) is 1. The van der Waals surface area contributed by atoms with Gasteiger partial charge >= 0.3 is 0 Å². The van der Waals surface area contributed by atoms with Crippen molar-refractivity contribution in [2.45, 2.75) is 20.0 Å². The van der Waals surface area contributed by atoms with E-state index in [4.69, 9.17) is 4.84 Å². The first-order valence-corrected chi connectivity index (χ1v) is 6.54. The zero-order valence-corrected chi connectivity index (χ0v) is 9.67. The average molecular weight is 222 g/mol. The van der Waals surface area contributed by atoms with E-state index in [-0.39, 0.29) is 11.9 Å². The third-order valence-electron chi connectivity index (χ3n) is 1.43. The van der Waals surface area contributed by atoms with E-state index in [9.17, 15) is 8.42 Å². The van der Waals surface area contributed by atoms with Crippen molar-refractivity contribution >= 4 is 16.1 Å². The molecule has 6 heteroatoms. The molecular formula is C8H18N2O3S. The number of hydrogen-bond acceptors (Lipinski definition) is 5. The van der Waals surface area contributed by atoms with Crippen LogP contribution >= 0.6 is 0 Å². The van der Waals surface area contributed by atoms with E-state index in [2.05, 4.69) is 10.5 Å². The second kappa shape index (κ2) is 6.78. The molecule has 0 spiro atoms. The van der Waals surface area contributed by atoms with Crippen LogP contribution in [-0.2, 0) is 14.7 Å². The van der Waals surface area contributed by atoms with E-state index in [1.807, 2.05) is 6.92 Å². The third kappa shape index (κ3) is 9.47. The Labute approximate surface area is 85.4 Å². The summed E-state index contributed by atoms with van der Waals surface area (Å²) < 4.78 is 21.5. The summed E-state index contributed by atoms with van der Waals surface area (Å²) in [7, 11) is -2.87. The molecule has 0 aromatic carbocycles. The zero-order valence-electron chi connectivity index (χ0n) is 8.86. The Bertz CT molecular complexity index is 262. The predicted octanol–water partition coefficient (Wildman–Crippen LogP) is 0.0314. The van der Waals surface area contributed by atoms with E-state index in [1.54, 1.807) is 13.1 Å². The Kier molecular flexibility index (Phi) is 6.48. The lowest BCUT2D eigenvalue weighted by atomic mass is 10.4. The monoisotopic (exact) mass is 222 g/mol. The molecule has 0 saturated heterocycles. The highest BCUT2D eigenvalue weighted by atomic mass is 32.2. The topological polar surface area (TPSA) is 67.8 Å². The summed E-state index contributed by atoms with van der Waals surface area (Å²) in [4.78, 5) is 4.98. The Morgan fingerprint density at radius 3 is 2.71 bits per heavy atom. The summed E-state index contributed by atoms with van der Waals surface area (Å²) in [5, 5.41) is 6.59. The highest BCUT2D eigenvalue weighted by Crippen LogP contribution is 1.88. The summed E-state index contributed by atoms with van der Waals surface area (Å²) in [6.07, 6.45) is 2.73. The second-order valence-electron chi connectivity index (χ2n) is 3.11. The van der Waals surface area contributed by atoms with Crippen molar-refractivity contribution in [1.82, 2.24) is 5.32 Å². The molecule has 5 nitrogen and oxygen atoms in total. The molecule has 84 valence electrons. The molecule has 0 fully saturated rings. The van der Waals surface area contributed by atoms with Gasteiger partial charge in [-0.05, 0) is 13.8 Å². The van der Waals surface area contributed by atoms with Crippen LogP contribution in [0.3, 0.4) is 0 Å². The lowest BCUT2D eigenvalue weighted by Crippen LogP contribution is -2.29. The molecule has 14 heavy (non-hydrogen) atoms.